The first-order valence-electron chi connectivity index (χ1n) is 8.71. The van der Waals surface area contributed by atoms with E-state index in [0.717, 1.165) is 33.0 Å². The maximum atomic E-state index is 12.6. The summed E-state index contributed by atoms with van der Waals surface area (Å²) in [5.74, 6) is -0.0425. The van der Waals surface area contributed by atoms with Crippen molar-refractivity contribution in [1.29, 1.82) is 0 Å². The Kier molecular flexibility index (Phi) is 4.42. The molecule has 1 aromatic heterocycles. The van der Waals surface area contributed by atoms with Gasteiger partial charge in [0, 0.05) is 28.9 Å². The van der Waals surface area contributed by atoms with Gasteiger partial charge in [0.05, 0.1) is 5.39 Å². The van der Waals surface area contributed by atoms with Crippen molar-refractivity contribution in [1.82, 2.24) is 4.98 Å². The summed E-state index contributed by atoms with van der Waals surface area (Å²) in [7, 11) is 0. The molecule has 0 radical (unpaired) electrons. The number of carbonyl (C=O) groups excluding carboxylic acids is 1. The molecular formula is C22H17ClN2O2. The third-order valence-corrected chi connectivity index (χ3v) is 4.86. The predicted octanol–water partition coefficient (Wildman–Crippen LogP) is 5.35. The minimum atomic E-state index is -0.156. The summed E-state index contributed by atoms with van der Waals surface area (Å²) in [5.41, 5.74) is 2.37. The molecule has 0 unspecified atom stereocenters. The molecule has 0 fully saturated rings. The molecule has 5 heteroatoms. The van der Waals surface area contributed by atoms with Crippen LogP contribution >= 0.6 is 11.6 Å². The number of H-pyrrole nitrogens is 1. The Hall–Kier alpha value is -3.11. The molecule has 1 amide bonds. The summed E-state index contributed by atoms with van der Waals surface area (Å²) < 4.78 is 0. The number of amides is 1. The van der Waals surface area contributed by atoms with Crippen molar-refractivity contribution < 1.29 is 4.79 Å². The smallest absolute Gasteiger partial charge is 0.256 e. The molecule has 0 aliphatic heterocycles. The molecule has 2 N–H and O–H groups in total. The molecular weight excluding hydrogens is 360 g/mol. The van der Waals surface area contributed by atoms with Crippen LogP contribution in [0.4, 0.5) is 5.69 Å². The van der Waals surface area contributed by atoms with Gasteiger partial charge in [-0.15, -0.1) is 0 Å². The van der Waals surface area contributed by atoms with Crippen LogP contribution in [0.3, 0.4) is 0 Å². The van der Waals surface area contributed by atoms with Crippen LogP contribution in [0.1, 0.15) is 13.3 Å². The molecule has 27 heavy (non-hydrogen) atoms. The van der Waals surface area contributed by atoms with Crippen LogP contribution in [0.5, 0.6) is 0 Å². The van der Waals surface area contributed by atoms with Gasteiger partial charge in [-0.3, -0.25) is 9.59 Å². The highest BCUT2D eigenvalue weighted by Gasteiger charge is 2.11. The Balaban J connectivity index is 1.96. The number of benzene rings is 3. The van der Waals surface area contributed by atoms with Crippen molar-refractivity contribution in [3.05, 3.63) is 76.2 Å². The predicted molar refractivity (Wildman–Crippen MR) is 111 cm³/mol. The van der Waals surface area contributed by atoms with Gasteiger partial charge in [0.2, 0.25) is 5.91 Å². The first-order chi connectivity index (χ1) is 13.1. The molecule has 0 saturated carbocycles. The number of hydrogen-bond acceptors (Lipinski definition) is 2. The molecule has 134 valence electrons. The molecule has 3 aromatic carbocycles. The Labute approximate surface area is 160 Å². The molecule has 4 rings (SSSR count). The normalized spacial score (nSPS) is 11.0. The van der Waals surface area contributed by atoms with Gasteiger partial charge in [-0.25, -0.2) is 0 Å². The van der Waals surface area contributed by atoms with E-state index in [0.29, 0.717) is 16.8 Å². The van der Waals surface area contributed by atoms with Crippen molar-refractivity contribution >= 4 is 44.7 Å². The number of anilines is 1. The van der Waals surface area contributed by atoms with Crippen molar-refractivity contribution in [3.63, 3.8) is 0 Å². The fourth-order valence-electron chi connectivity index (χ4n) is 3.30. The van der Waals surface area contributed by atoms with E-state index in [1.165, 1.54) is 0 Å². The zero-order chi connectivity index (χ0) is 19.0. The van der Waals surface area contributed by atoms with E-state index in [4.69, 9.17) is 11.6 Å². The van der Waals surface area contributed by atoms with Gasteiger partial charge >= 0.3 is 0 Å². The minimum Gasteiger partial charge on any atom is -0.328 e. The van der Waals surface area contributed by atoms with E-state index in [9.17, 15) is 9.59 Å². The highest BCUT2D eigenvalue weighted by molar-refractivity contribution is 6.32. The summed E-state index contributed by atoms with van der Waals surface area (Å²) in [6.07, 6.45) is 2.13. The summed E-state index contributed by atoms with van der Waals surface area (Å²) in [5, 5.41) is 6.68. The van der Waals surface area contributed by atoms with E-state index in [1.54, 1.807) is 6.20 Å². The van der Waals surface area contributed by atoms with E-state index in [2.05, 4.69) is 10.3 Å². The lowest BCUT2D eigenvalue weighted by Gasteiger charge is -2.11. The van der Waals surface area contributed by atoms with E-state index >= 15 is 0 Å². The molecule has 0 saturated heterocycles. The van der Waals surface area contributed by atoms with Gasteiger partial charge in [-0.05, 0) is 46.0 Å². The van der Waals surface area contributed by atoms with Crippen LogP contribution in [0, 0.1) is 0 Å². The molecule has 1 heterocycles. The summed E-state index contributed by atoms with van der Waals surface area (Å²) in [6, 6.07) is 17.1. The second-order valence-corrected chi connectivity index (χ2v) is 6.80. The van der Waals surface area contributed by atoms with Crippen molar-refractivity contribution in [3.8, 4) is 11.1 Å². The molecule has 0 atom stereocenters. The maximum Gasteiger partial charge on any atom is 0.256 e. The Morgan fingerprint density at radius 2 is 1.89 bits per heavy atom. The monoisotopic (exact) mass is 376 g/mol. The number of nitrogens with one attached hydrogen (secondary N) is 2. The van der Waals surface area contributed by atoms with Gasteiger partial charge in [0.25, 0.3) is 5.56 Å². The van der Waals surface area contributed by atoms with Gasteiger partial charge in [0.15, 0.2) is 0 Å². The Morgan fingerprint density at radius 1 is 1.07 bits per heavy atom. The number of halogens is 1. The topological polar surface area (TPSA) is 62.0 Å². The standard InChI is InChI=1S/C22H17ClN2O2/c1-2-20(26)25-16-5-3-4-14(10-16)19-12-24-22(27)21-17(19)9-7-13-6-8-15(23)11-18(13)21/h3-12H,2H2,1H3,(H,24,27)(H,25,26). The largest absolute Gasteiger partial charge is 0.328 e. The Bertz CT molecular complexity index is 1240. The SMILES string of the molecule is CCC(=O)Nc1cccc(-c2c[nH]c(=O)c3c2ccc2ccc(Cl)cc23)c1. The van der Waals surface area contributed by atoms with Gasteiger partial charge in [0.1, 0.15) is 0 Å². The molecule has 4 nitrogen and oxygen atoms in total. The zero-order valence-electron chi connectivity index (χ0n) is 14.7. The highest BCUT2D eigenvalue weighted by atomic mass is 35.5. The highest BCUT2D eigenvalue weighted by Crippen LogP contribution is 2.32. The number of aromatic nitrogens is 1. The van der Waals surface area contributed by atoms with Gasteiger partial charge < -0.3 is 10.3 Å². The lowest BCUT2D eigenvalue weighted by molar-refractivity contribution is -0.115. The summed E-state index contributed by atoms with van der Waals surface area (Å²) >= 11 is 6.16. The zero-order valence-corrected chi connectivity index (χ0v) is 15.4. The second-order valence-electron chi connectivity index (χ2n) is 6.37. The fourth-order valence-corrected chi connectivity index (χ4v) is 3.47. The number of fused-ring (bicyclic) bond motifs is 3. The number of carbonyl (C=O) groups is 1. The van der Waals surface area contributed by atoms with E-state index in [-0.39, 0.29) is 11.5 Å². The number of pyridine rings is 1. The van der Waals surface area contributed by atoms with Gasteiger partial charge in [-0.2, -0.15) is 0 Å². The molecule has 0 aliphatic carbocycles. The molecule has 0 aliphatic rings. The second kappa shape index (κ2) is 6.89. The Morgan fingerprint density at radius 3 is 2.70 bits per heavy atom. The van der Waals surface area contributed by atoms with E-state index < -0.39 is 0 Å². The number of rotatable bonds is 3. The van der Waals surface area contributed by atoms with Gasteiger partial charge in [-0.1, -0.05) is 48.9 Å². The third kappa shape index (κ3) is 3.20. The third-order valence-electron chi connectivity index (χ3n) is 4.63. The molecule has 0 bridgehead atoms. The molecule has 0 spiro atoms. The average Bonchev–Trinajstić information content (AvgIpc) is 2.68. The number of hydrogen-bond donors (Lipinski definition) is 2. The average molecular weight is 377 g/mol. The number of aromatic amines is 1. The van der Waals surface area contributed by atoms with Crippen LogP contribution in [0.15, 0.2) is 65.6 Å². The quantitative estimate of drug-likeness (QED) is 0.473. The van der Waals surface area contributed by atoms with Crippen molar-refractivity contribution in [2.24, 2.45) is 0 Å². The fraction of sp³-hybridized carbons (Fsp3) is 0.0909. The maximum absolute atomic E-state index is 12.6. The first kappa shape index (κ1) is 17.3. The first-order valence-corrected chi connectivity index (χ1v) is 9.08. The van der Waals surface area contributed by atoms with Crippen molar-refractivity contribution in [2.45, 2.75) is 13.3 Å². The van der Waals surface area contributed by atoms with Crippen LogP contribution < -0.4 is 10.9 Å². The van der Waals surface area contributed by atoms with Crippen LogP contribution in [0.25, 0.3) is 32.7 Å². The lowest BCUT2D eigenvalue weighted by atomic mass is 9.96. The summed E-state index contributed by atoms with van der Waals surface area (Å²) in [4.78, 5) is 27.1. The summed E-state index contributed by atoms with van der Waals surface area (Å²) in [6.45, 7) is 1.81. The van der Waals surface area contributed by atoms with E-state index in [1.807, 2.05) is 61.5 Å². The lowest BCUT2D eigenvalue weighted by Crippen LogP contribution is -2.09. The van der Waals surface area contributed by atoms with Crippen molar-refractivity contribution in [2.75, 3.05) is 5.32 Å². The van der Waals surface area contributed by atoms with Crippen LogP contribution in [0.2, 0.25) is 5.02 Å². The molecule has 4 aromatic rings. The van der Waals surface area contributed by atoms with Crippen LogP contribution in [-0.4, -0.2) is 10.9 Å². The van der Waals surface area contributed by atoms with Crippen LogP contribution in [-0.2, 0) is 4.79 Å². The minimum absolute atomic E-state index is 0.0425.